The van der Waals surface area contributed by atoms with Crippen LogP contribution in [0.5, 0.6) is 0 Å². The standard InChI is InChI=1S/C13H22O/c1-5-13(4,6-2)14-12-9-7-8-11(3)10-12/h7-9,12H,5-6,10H2,1-4H3. The van der Waals surface area contributed by atoms with Crippen molar-refractivity contribution in [1.82, 2.24) is 0 Å². The summed E-state index contributed by atoms with van der Waals surface area (Å²) in [6, 6.07) is 0. The Bertz CT molecular complexity index is 234. The molecule has 0 fully saturated rings. The maximum absolute atomic E-state index is 6.12. The molecule has 80 valence electrons. The topological polar surface area (TPSA) is 9.23 Å². The summed E-state index contributed by atoms with van der Waals surface area (Å²) in [6.07, 6.45) is 9.92. The van der Waals surface area contributed by atoms with E-state index in [2.05, 4.69) is 45.9 Å². The van der Waals surface area contributed by atoms with Crippen LogP contribution in [-0.2, 0) is 4.74 Å². The van der Waals surface area contributed by atoms with Gasteiger partial charge in [0.1, 0.15) is 0 Å². The van der Waals surface area contributed by atoms with Gasteiger partial charge >= 0.3 is 0 Å². The van der Waals surface area contributed by atoms with Gasteiger partial charge < -0.3 is 4.74 Å². The Labute approximate surface area is 87.8 Å². The van der Waals surface area contributed by atoms with Crippen LogP contribution in [0.3, 0.4) is 0 Å². The van der Waals surface area contributed by atoms with E-state index >= 15 is 0 Å². The van der Waals surface area contributed by atoms with E-state index in [4.69, 9.17) is 4.74 Å². The second kappa shape index (κ2) is 4.79. The first kappa shape index (κ1) is 11.5. The minimum Gasteiger partial charge on any atom is -0.368 e. The third-order valence-electron chi connectivity index (χ3n) is 3.16. The van der Waals surface area contributed by atoms with E-state index in [0.29, 0.717) is 0 Å². The van der Waals surface area contributed by atoms with Gasteiger partial charge in [0.25, 0.3) is 0 Å². The zero-order valence-electron chi connectivity index (χ0n) is 9.84. The van der Waals surface area contributed by atoms with E-state index in [9.17, 15) is 0 Å². The molecule has 1 atom stereocenters. The predicted octanol–water partition coefficient (Wildman–Crippen LogP) is 3.86. The Morgan fingerprint density at radius 3 is 2.57 bits per heavy atom. The molecule has 0 aromatic carbocycles. The molecular weight excluding hydrogens is 172 g/mol. The maximum Gasteiger partial charge on any atom is 0.0803 e. The lowest BCUT2D eigenvalue weighted by molar-refractivity contribution is -0.0680. The van der Waals surface area contributed by atoms with Crippen molar-refractivity contribution in [2.75, 3.05) is 0 Å². The number of hydrogen-bond donors (Lipinski definition) is 0. The highest BCUT2D eigenvalue weighted by Gasteiger charge is 2.24. The van der Waals surface area contributed by atoms with Gasteiger partial charge in [-0.05, 0) is 33.1 Å². The van der Waals surface area contributed by atoms with Crippen molar-refractivity contribution < 1.29 is 4.74 Å². The van der Waals surface area contributed by atoms with E-state index < -0.39 is 0 Å². The van der Waals surface area contributed by atoms with Crippen LogP contribution in [0, 0.1) is 0 Å². The summed E-state index contributed by atoms with van der Waals surface area (Å²) in [5, 5.41) is 0. The fourth-order valence-corrected chi connectivity index (χ4v) is 1.66. The molecule has 0 saturated carbocycles. The SMILES string of the molecule is CCC(C)(CC)OC1C=CC=C(C)C1. The van der Waals surface area contributed by atoms with Crippen LogP contribution in [0.2, 0.25) is 0 Å². The molecule has 0 aliphatic heterocycles. The first-order chi connectivity index (χ1) is 6.59. The van der Waals surface area contributed by atoms with Gasteiger partial charge in [0, 0.05) is 0 Å². The fourth-order valence-electron chi connectivity index (χ4n) is 1.66. The monoisotopic (exact) mass is 194 g/mol. The molecule has 0 spiro atoms. The van der Waals surface area contributed by atoms with Crippen LogP contribution < -0.4 is 0 Å². The Morgan fingerprint density at radius 1 is 1.43 bits per heavy atom. The second-order valence-corrected chi connectivity index (χ2v) is 4.42. The van der Waals surface area contributed by atoms with Crippen molar-refractivity contribution in [3.63, 3.8) is 0 Å². The maximum atomic E-state index is 6.12. The predicted molar refractivity (Wildman–Crippen MR) is 61.4 cm³/mol. The van der Waals surface area contributed by atoms with Crippen LogP contribution in [0.15, 0.2) is 23.8 Å². The Hall–Kier alpha value is -0.560. The van der Waals surface area contributed by atoms with Crippen LogP contribution >= 0.6 is 0 Å². The summed E-state index contributed by atoms with van der Waals surface area (Å²) < 4.78 is 6.12. The number of rotatable bonds is 4. The van der Waals surface area contributed by atoms with Crippen LogP contribution in [0.25, 0.3) is 0 Å². The summed E-state index contributed by atoms with van der Waals surface area (Å²) in [5.41, 5.74) is 1.46. The largest absolute Gasteiger partial charge is 0.368 e. The molecule has 1 rings (SSSR count). The van der Waals surface area contributed by atoms with Crippen molar-refractivity contribution in [3.05, 3.63) is 23.8 Å². The summed E-state index contributed by atoms with van der Waals surface area (Å²) in [4.78, 5) is 0. The summed E-state index contributed by atoms with van der Waals surface area (Å²) in [5.74, 6) is 0. The molecule has 0 amide bonds. The molecule has 1 nitrogen and oxygen atoms in total. The lowest BCUT2D eigenvalue weighted by Crippen LogP contribution is -2.32. The molecule has 1 aliphatic rings. The molecule has 0 aromatic heterocycles. The van der Waals surface area contributed by atoms with Gasteiger partial charge in [-0.15, -0.1) is 0 Å². The number of ether oxygens (including phenoxy) is 1. The minimum atomic E-state index is 0.0482. The van der Waals surface area contributed by atoms with Gasteiger partial charge in [0.05, 0.1) is 11.7 Å². The summed E-state index contributed by atoms with van der Waals surface area (Å²) in [6.45, 7) is 8.75. The van der Waals surface area contributed by atoms with Crippen LogP contribution in [0.1, 0.15) is 47.0 Å². The molecule has 14 heavy (non-hydrogen) atoms. The minimum absolute atomic E-state index is 0.0482. The molecule has 0 saturated heterocycles. The molecular formula is C13H22O. The molecule has 0 heterocycles. The van der Waals surface area contributed by atoms with Gasteiger partial charge in [0.15, 0.2) is 0 Å². The van der Waals surface area contributed by atoms with E-state index in [1.54, 1.807) is 0 Å². The van der Waals surface area contributed by atoms with E-state index in [0.717, 1.165) is 19.3 Å². The highest BCUT2D eigenvalue weighted by molar-refractivity contribution is 5.19. The van der Waals surface area contributed by atoms with Crippen molar-refractivity contribution in [2.45, 2.75) is 58.7 Å². The summed E-state index contributed by atoms with van der Waals surface area (Å²) >= 11 is 0. The van der Waals surface area contributed by atoms with Crippen molar-refractivity contribution in [2.24, 2.45) is 0 Å². The zero-order chi connectivity index (χ0) is 10.6. The van der Waals surface area contributed by atoms with Gasteiger partial charge in [0.2, 0.25) is 0 Å². The van der Waals surface area contributed by atoms with Gasteiger partial charge in [-0.3, -0.25) is 0 Å². The Balaban J connectivity index is 2.53. The first-order valence-electron chi connectivity index (χ1n) is 5.61. The quantitative estimate of drug-likeness (QED) is 0.660. The third kappa shape index (κ3) is 2.98. The van der Waals surface area contributed by atoms with Crippen LogP contribution in [0.4, 0.5) is 0 Å². The van der Waals surface area contributed by atoms with E-state index in [-0.39, 0.29) is 11.7 Å². The second-order valence-electron chi connectivity index (χ2n) is 4.42. The smallest absolute Gasteiger partial charge is 0.0803 e. The molecule has 1 heteroatoms. The van der Waals surface area contributed by atoms with Gasteiger partial charge in [-0.2, -0.15) is 0 Å². The Kier molecular flexibility index (Phi) is 3.94. The average Bonchev–Trinajstić information content (AvgIpc) is 2.18. The third-order valence-corrected chi connectivity index (χ3v) is 3.16. The molecule has 0 N–H and O–H groups in total. The van der Waals surface area contributed by atoms with Crippen molar-refractivity contribution in [1.29, 1.82) is 0 Å². The lowest BCUT2D eigenvalue weighted by Gasteiger charge is -2.32. The zero-order valence-corrected chi connectivity index (χ0v) is 9.84. The summed E-state index contributed by atoms with van der Waals surface area (Å²) in [7, 11) is 0. The fraction of sp³-hybridized carbons (Fsp3) is 0.692. The number of allylic oxidation sites excluding steroid dienone is 2. The average molecular weight is 194 g/mol. The number of hydrogen-bond acceptors (Lipinski definition) is 1. The molecule has 0 bridgehead atoms. The molecule has 0 aromatic rings. The molecule has 1 aliphatic carbocycles. The lowest BCUT2D eigenvalue weighted by atomic mass is 9.98. The first-order valence-corrected chi connectivity index (χ1v) is 5.61. The normalized spacial score (nSPS) is 22.3. The van der Waals surface area contributed by atoms with Crippen molar-refractivity contribution >= 4 is 0 Å². The molecule has 1 unspecified atom stereocenters. The van der Waals surface area contributed by atoms with E-state index in [1.165, 1.54) is 5.57 Å². The van der Waals surface area contributed by atoms with Gasteiger partial charge in [-0.1, -0.05) is 37.6 Å². The highest BCUT2D eigenvalue weighted by atomic mass is 16.5. The Morgan fingerprint density at radius 2 is 2.07 bits per heavy atom. The highest BCUT2D eigenvalue weighted by Crippen LogP contribution is 2.25. The van der Waals surface area contributed by atoms with Crippen molar-refractivity contribution in [3.8, 4) is 0 Å². The molecule has 0 radical (unpaired) electrons. The van der Waals surface area contributed by atoms with Crippen LogP contribution in [-0.4, -0.2) is 11.7 Å². The van der Waals surface area contributed by atoms with E-state index in [1.807, 2.05) is 0 Å². The van der Waals surface area contributed by atoms with Gasteiger partial charge in [-0.25, -0.2) is 0 Å².